The number of nitrogens with two attached hydrogens (primary N) is 1. The van der Waals surface area contributed by atoms with Crippen LogP contribution < -0.4 is 5.73 Å². The summed E-state index contributed by atoms with van der Waals surface area (Å²) in [5.74, 6) is 0. The van der Waals surface area contributed by atoms with Gasteiger partial charge in [-0.1, -0.05) is 30.1 Å². The smallest absolute Gasteiger partial charge is 0.0485 e. The van der Waals surface area contributed by atoms with E-state index >= 15 is 0 Å². The molecule has 0 amide bonds. The summed E-state index contributed by atoms with van der Waals surface area (Å²) in [7, 11) is 0. The van der Waals surface area contributed by atoms with Gasteiger partial charge in [-0.15, -0.1) is 0 Å². The highest BCUT2D eigenvalue weighted by atomic mass is 35.5. The normalized spacial score (nSPS) is 12.6. The predicted octanol–water partition coefficient (Wildman–Crippen LogP) is 4.12. The zero-order valence-electron chi connectivity index (χ0n) is 10.9. The van der Waals surface area contributed by atoms with E-state index in [0.717, 1.165) is 30.0 Å². The molecular formula is C15H18Cl2N2. The molecule has 0 saturated carbocycles. The average Bonchev–Trinajstić information content (AvgIpc) is 2.81. The van der Waals surface area contributed by atoms with Crippen LogP contribution in [0.4, 0.5) is 0 Å². The van der Waals surface area contributed by atoms with Gasteiger partial charge in [0.05, 0.1) is 0 Å². The van der Waals surface area contributed by atoms with Crippen LogP contribution in [0.2, 0.25) is 10.0 Å². The first-order valence-electron chi connectivity index (χ1n) is 6.42. The number of halogens is 2. The minimum absolute atomic E-state index is 0.227. The maximum atomic E-state index is 6.17. The van der Waals surface area contributed by atoms with E-state index in [9.17, 15) is 0 Å². The Bertz CT molecular complexity index is 549. The molecule has 0 aliphatic heterocycles. The zero-order valence-corrected chi connectivity index (χ0v) is 12.5. The molecule has 0 bridgehead atoms. The number of nitrogens with zero attached hydrogens (tertiary/aromatic N) is 1. The summed E-state index contributed by atoms with van der Waals surface area (Å²) in [5, 5.41) is 1.45. The first-order chi connectivity index (χ1) is 9.08. The lowest BCUT2D eigenvalue weighted by Crippen LogP contribution is -2.21. The van der Waals surface area contributed by atoms with E-state index in [1.54, 1.807) is 6.07 Å². The SMILES string of the molecule is CCC(N)Cc1ccn(Cc2cc(Cl)ccc2Cl)c1. The highest BCUT2D eigenvalue weighted by Gasteiger charge is 2.05. The van der Waals surface area contributed by atoms with E-state index in [-0.39, 0.29) is 6.04 Å². The molecule has 2 aromatic rings. The summed E-state index contributed by atoms with van der Waals surface area (Å²) < 4.78 is 2.11. The summed E-state index contributed by atoms with van der Waals surface area (Å²) >= 11 is 12.2. The van der Waals surface area contributed by atoms with Crippen LogP contribution >= 0.6 is 23.2 Å². The molecule has 2 rings (SSSR count). The molecule has 0 radical (unpaired) electrons. The number of aromatic nitrogens is 1. The molecule has 1 aromatic heterocycles. The highest BCUT2D eigenvalue weighted by Crippen LogP contribution is 2.21. The van der Waals surface area contributed by atoms with Crippen LogP contribution in [0.15, 0.2) is 36.7 Å². The Morgan fingerprint density at radius 3 is 2.79 bits per heavy atom. The van der Waals surface area contributed by atoms with E-state index in [4.69, 9.17) is 28.9 Å². The fourth-order valence-electron chi connectivity index (χ4n) is 2.02. The van der Waals surface area contributed by atoms with Gasteiger partial charge >= 0.3 is 0 Å². The van der Waals surface area contributed by atoms with E-state index in [1.807, 2.05) is 12.1 Å². The molecule has 0 fully saturated rings. The quantitative estimate of drug-likeness (QED) is 0.884. The third kappa shape index (κ3) is 4.00. The standard InChI is InChI=1S/C15H18Cl2N2/c1-2-14(18)7-11-5-6-19(9-11)10-12-8-13(16)3-4-15(12)17/h3-6,8-9,14H,2,7,10,18H2,1H3. The summed E-state index contributed by atoms with van der Waals surface area (Å²) in [6, 6.07) is 7.87. The van der Waals surface area contributed by atoms with Crippen LogP contribution in [0.3, 0.4) is 0 Å². The van der Waals surface area contributed by atoms with E-state index in [2.05, 4.69) is 30.0 Å². The van der Waals surface area contributed by atoms with Crippen molar-refractivity contribution >= 4 is 23.2 Å². The topological polar surface area (TPSA) is 30.9 Å². The van der Waals surface area contributed by atoms with Crippen LogP contribution in [0.25, 0.3) is 0 Å². The van der Waals surface area contributed by atoms with Gasteiger partial charge in [-0.05, 0) is 48.2 Å². The Hall–Kier alpha value is -0.960. The second kappa shape index (κ2) is 6.47. The van der Waals surface area contributed by atoms with Gasteiger partial charge < -0.3 is 10.3 Å². The lowest BCUT2D eigenvalue weighted by molar-refractivity contribution is 0.645. The second-order valence-electron chi connectivity index (χ2n) is 4.80. The van der Waals surface area contributed by atoms with E-state index in [1.165, 1.54) is 5.56 Å². The van der Waals surface area contributed by atoms with Crippen molar-refractivity contribution in [3.05, 3.63) is 57.8 Å². The Morgan fingerprint density at radius 1 is 1.26 bits per heavy atom. The third-order valence-electron chi connectivity index (χ3n) is 3.19. The molecule has 0 aliphatic rings. The zero-order chi connectivity index (χ0) is 13.8. The number of rotatable bonds is 5. The van der Waals surface area contributed by atoms with Crippen molar-refractivity contribution in [1.29, 1.82) is 0 Å². The molecule has 19 heavy (non-hydrogen) atoms. The Labute approximate surface area is 124 Å². The molecular weight excluding hydrogens is 279 g/mol. The molecule has 0 aliphatic carbocycles. The molecule has 1 heterocycles. The monoisotopic (exact) mass is 296 g/mol. The van der Waals surface area contributed by atoms with Crippen LogP contribution in [-0.2, 0) is 13.0 Å². The van der Waals surface area contributed by atoms with Crippen LogP contribution in [-0.4, -0.2) is 10.6 Å². The van der Waals surface area contributed by atoms with E-state index in [0.29, 0.717) is 5.02 Å². The third-order valence-corrected chi connectivity index (χ3v) is 3.80. The number of hydrogen-bond acceptors (Lipinski definition) is 1. The first kappa shape index (κ1) is 14.4. The summed E-state index contributed by atoms with van der Waals surface area (Å²) in [5.41, 5.74) is 8.24. The largest absolute Gasteiger partial charge is 0.350 e. The molecule has 102 valence electrons. The van der Waals surface area contributed by atoms with Crippen LogP contribution in [0, 0.1) is 0 Å². The van der Waals surface area contributed by atoms with Crippen molar-refractivity contribution in [2.24, 2.45) is 5.73 Å². The fourth-order valence-corrected chi connectivity index (χ4v) is 2.39. The second-order valence-corrected chi connectivity index (χ2v) is 5.64. The molecule has 2 N–H and O–H groups in total. The van der Waals surface area contributed by atoms with Crippen molar-refractivity contribution < 1.29 is 0 Å². The molecule has 0 saturated heterocycles. The van der Waals surface area contributed by atoms with Crippen molar-refractivity contribution in [3.8, 4) is 0 Å². The molecule has 2 nitrogen and oxygen atoms in total. The average molecular weight is 297 g/mol. The van der Waals surface area contributed by atoms with Crippen molar-refractivity contribution in [1.82, 2.24) is 4.57 Å². The minimum Gasteiger partial charge on any atom is -0.350 e. The fraction of sp³-hybridized carbons (Fsp3) is 0.333. The van der Waals surface area contributed by atoms with Gasteiger partial charge in [0.25, 0.3) is 0 Å². The Morgan fingerprint density at radius 2 is 2.05 bits per heavy atom. The van der Waals surface area contributed by atoms with Crippen molar-refractivity contribution in [2.75, 3.05) is 0 Å². The first-order valence-corrected chi connectivity index (χ1v) is 7.18. The summed E-state index contributed by atoms with van der Waals surface area (Å²) in [6.45, 7) is 2.83. The number of hydrogen-bond donors (Lipinski definition) is 1. The molecule has 1 aromatic carbocycles. The van der Waals surface area contributed by atoms with Gasteiger partial charge in [0, 0.05) is 35.0 Å². The molecule has 1 unspecified atom stereocenters. The minimum atomic E-state index is 0.227. The maximum Gasteiger partial charge on any atom is 0.0485 e. The molecule has 0 spiro atoms. The van der Waals surface area contributed by atoms with Gasteiger partial charge in [-0.25, -0.2) is 0 Å². The van der Waals surface area contributed by atoms with E-state index < -0.39 is 0 Å². The maximum absolute atomic E-state index is 6.17. The summed E-state index contributed by atoms with van der Waals surface area (Å²) in [6.07, 6.45) is 6.07. The van der Waals surface area contributed by atoms with Gasteiger partial charge in [-0.2, -0.15) is 0 Å². The van der Waals surface area contributed by atoms with Gasteiger partial charge in [0.1, 0.15) is 0 Å². The Kier molecular flexibility index (Phi) is 4.92. The highest BCUT2D eigenvalue weighted by molar-refractivity contribution is 6.33. The lowest BCUT2D eigenvalue weighted by Gasteiger charge is -2.07. The Balaban J connectivity index is 2.09. The van der Waals surface area contributed by atoms with Gasteiger partial charge in [-0.3, -0.25) is 0 Å². The van der Waals surface area contributed by atoms with Crippen LogP contribution in [0.1, 0.15) is 24.5 Å². The number of benzene rings is 1. The lowest BCUT2D eigenvalue weighted by atomic mass is 10.1. The van der Waals surface area contributed by atoms with Gasteiger partial charge in [0.2, 0.25) is 0 Å². The summed E-state index contributed by atoms with van der Waals surface area (Å²) in [4.78, 5) is 0. The van der Waals surface area contributed by atoms with Gasteiger partial charge in [0.15, 0.2) is 0 Å². The predicted molar refractivity (Wildman–Crippen MR) is 82.0 cm³/mol. The molecule has 4 heteroatoms. The van der Waals surface area contributed by atoms with Crippen molar-refractivity contribution in [3.63, 3.8) is 0 Å². The van der Waals surface area contributed by atoms with Crippen molar-refractivity contribution in [2.45, 2.75) is 32.4 Å². The van der Waals surface area contributed by atoms with Crippen LogP contribution in [0.5, 0.6) is 0 Å². The molecule has 1 atom stereocenters.